The van der Waals surface area contributed by atoms with Crippen molar-refractivity contribution in [3.05, 3.63) is 69.0 Å². The smallest absolute Gasteiger partial charge is 0.251 e. The maximum atomic E-state index is 12.1. The number of rotatable bonds is 4. The van der Waals surface area contributed by atoms with Gasteiger partial charge < -0.3 is 4.98 Å². The molecule has 5 nitrogen and oxygen atoms in total. The lowest BCUT2D eigenvalue weighted by molar-refractivity contribution is 0.198. The molecule has 25 heavy (non-hydrogen) atoms. The lowest BCUT2D eigenvalue weighted by atomic mass is 9.94. The van der Waals surface area contributed by atoms with Crippen LogP contribution < -0.4 is 5.56 Å². The van der Waals surface area contributed by atoms with E-state index < -0.39 is 0 Å². The zero-order valence-corrected chi connectivity index (χ0v) is 14.7. The van der Waals surface area contributed by atoms with Crippen molar-refractivity contribution in [2.75, 3.05) is 13.1 Å². The number of aromatic amines is 1. The van der Waals surface area contributed by atoms with Crippen LogP contribution in [0.4, 0.5) is 0 Å². The summed E-state index contributed by atoms with van der Waals surface area (Å²) in [6.45, 7) is 3.02. The van der Waals surface area contributed by atoms with Gasteiger partial charge in [-0.1, -0.05) is 0 Å². The van der Waals surface area contributed by atoms with Crippen LogP contribution in [0, 0.1) is 0 Å². The third-order valence-electron chi connectivity index (χ3n) is 4.61. The van der Waals surface area contributed by atoms with Crippen LogP contribution in [0.25, 0.3) is 11.4 Å². The minimum Gasteiger partial charge on any atom is -0.306 e. The monoisotopic (exact) mass is 352 g/mol. The van der Waals surface area contributed by atoms with E-state index in [4.69, 9.17) is 4.98 Å². The van der Waals surface area contributed by atoms with Gasteiger partial charge in [0.15, 0.2) is 0 Å². The van der Waals surface area contributed by atoms with Crippen molar-refractivity contribution in [1.82, 2.24) is 19.9 Å². The number of piperidine rings is 1. The molecule has 4 rings (SSSR count). The summed E-state index contributed by atoms with van der Waals surface area (Å²) >= 11 is 1.74. The Morgan fingerprint density at radius 2 is 2.32 bits per heavy atom. The Labute approximate surface area is 150 Å². The molecule has 4 heterocycles. The molecule has 1 aliphatic heterocycles. The second-order valence-corrected chi connectivity index (χ2v) is 7.25. The topological polar surface area (TPSA) is 61.9 Å². The first-order valence-electron chi connectivity index (χ1n) is 8.53. The first-order chi connectivity index (χ1) is 12.3. The van der Waals surface area contributed by atoms with Gasteiger partial charge in [0, 0.05) is 43.0 Å². The number of nitrogens with one attached hydrogen (secondary N) is 1. The minimum absolute atomic E-state index is 0.0983. The SMILES string of the molecule is O=c1cc(C2CCCN(Cc3ccsc3)C2)nc(-c2cccnc2)[nH]1. The Kier molecular flexibility index (Phi) is 4.72. The molecule has 128 valence electrons. The predicted molar refractivity (Wildman–Crippen MR) is 99.7 cm³/mol. The Morgan fingerprint density at radius 3 is 3.12 bits per heavy atom. The normalized spacial score (nSPS) is 18.3. The number of aromatic nitrogens is 3. The van der Waals surface area contributed by atoms with E-state index in [1.165, 1.54) is 5.56 Å². The van der Waals surface area contributed by atoms with Gasteiger partial charge in [0.25, 0.3) is 5.56 Å². The Hall–Kier alpha value is -2.31. The first kappa shape index (κ1) is 16.2. The van der Waals surface area contributed by atoms with E-state index >= 15 is 0 Å². The van der Waals surface area contributed by atoms with Crippen molar-refractivity contribution in [2.45, 2.75) is 25.3 Å². The summed E-state index contributed by atoms with van der Waals surface area (Å²) < 4.78 is 0. The molecule has 1 aliphatic rings. The number of thiophene rings is 1. The predicted octanol–water partition coefficient (Wildman–Crippen LogP) is 3.27. The van der Waals surface area contributed by atoms with Gasteiger partial charge >= 0.3 is 0 Å². The van der Waals surface area contributed by atoms with Crippen molar-refractivity contribution in [3.63, 3.8) is 0 Å². The van der Waals surface area contributed by atoms with Crippen molar-refractivity contribution >= 4 is 11.3 Å². The Bertz CT molecular complexity index is 876. The van der Waals surface area contributed by atoms with Crippen LogP contribution >= 0.6 is 11.3 Å². The molecule has 0 spiro atoms. The number of likely N-dealkylation sites (tertiary alicyclic amines) is 1. The number of hydrogen-bond donors (Lipinski definition) is 1. The summed E-state index contributed by atoms with van der Waals surface area (Å²) in [5, 5.41) is 4.32. The van der Waals surface area contributed by atoms with E-state index in [9.17, 15) is 4.79 Å². The fourth-order valence-corrected chi connectivity index (χ4v) is 4.07. The highest BCUT2D eigenvalue weighted by molar-refractivity contribution is 7.07. The molecule has 1 N–H and O–H groups in total. The zero-order chi connectivity index (χ0) is 17.1. The van der Waals surface area contributed by atoms with Crippen molar-refractivity contribution in [3.8, 4) is 11.4 Å². The molecule has 0 bridgehead atoms. The summed E-state index contributed by atoms with van der Waals surface area (Å²) in [4.78, 5) is 26.3. The van der Waals surface area contributed by atoms with Gasteiger partial charge in [-0.25, -0.2) is 4.98 Å². The van der Waals surface area contributed by atoms with Crippen LogP contribution in [0.15, 0.2) is 52.2 Å². The second-order valence-electron chi connectivity index (χ2n) is 6.47. The van der Waals surface area contributed by atoms with E-state index in [2.05, 4.69) is 31.7 Å². The van der Waals surface area contributed by atoms with Crippen molar-refractivity contribution in [2.24, 2.45) is 0 Å². The van der Waals surface area contributed by atoms with Gasteiger partial charge in [0.05, 0.1) is 5.69 Å². The maximum Gasteiger partial charge on any atom is 0.251 e. The average Bonchev–Trinajstić information content (AvgIpc) is 3.15. The number of H-pyrrole nitrogens is 1. The molecular formula is C19H20N4OS. The molecule has 1 saturated heterocycles. The van der Waals surface area contributed by atoms with E-state index in [-0.39, 0.29) is 5.56 Å². The Morgan fingerprint density at radius 1 is 1.36 bits per heavy atom. The van der Waals surface area contributed by atoms with Gasteiger partial charge in [-0.05, 0) is 53.9 Å². The van der Waals surface area contributed by atoms with Crippen LogP contribution in [0.2, 0.25) is 0 Å². The molecule has 6 heteroatoms. The van der Waals surface area contributed by atoms with Gasteiger partial charge in [0.1, 0.15) is 5.82 Å². The van der Waals surface area contributed by atoms with E-state index in [0.29, 0.717) is 11.7 Å². The number of pyridine rings is 1. The average molecular weight is 352 g/mol. The number of hydrogen-bond acceptors (Lipinski definition) is 5. The highest BCUT2D eigenvalue weighted by atomic mass is 32.1. The standard InChI is InChI=1S/C19H20N4OS/c24-18-9-17(21-19(22-18)15-3-1-6-20-10-15)16-4-2-7-23(12-16)11-14-5-8-25-13-14/h1,3,5-6,8-10,13,16H,2,4,7,11-12H2,(H,21,22,24). The van der Waals surface area contributed by atoms with E-state index in [1.54, 1.807) is 29.8 Å². The molecule has 0 saturated carbocycles. The molecule has 1 fully saturated rings. The summed E-state index contributed by atoms with van der Waals surface area (Å²) in [6.07, 6.45) is 5.65. The maximum absolute atomic E-state index is 12.1. The molecule has 0 amide bonds. The van der Waals surface area contributed by atoms with Crippen LogP contribution in [0.5, 0.6) is 0 Å². The third kappa shape index (κ3) is 3.86. The quantitative estimate of drug-likeness (QED) is 0.783. The van der Waals surface area contributed by atoms with Gasteiger partial charge in [0.2, 0.25) is 0 Å². The van der Waals surface area contributed by atoms with Gasteiger partial charge in [-0.2, -0.15) is 11.3 Å². The molecule has 0 radical (unpaired) electrons. The lowest BCUT2D eigenvalue weighted by Gasteiger charge is -2.32. The molecular weight excluding hydrogens is 332 g/mol. The zero-order valence-electron chi connectivity index (χ0n) is 13.9. The van der Waals surface area contributed by atoms with Gasteiger partial charge in [-0.3, -0.25) is 14.7 Å². The highest BCUT2D eigenvalue weighted by Gasteiger charge is 2.23. The minimum atomic E-state index is -0.0983. The molecule has 0 aliphatic carbocycles. The van der Waals surface area contributed by atoms with Crippen LogP contribution in [0.3, 0.4) is 0 Å². The second kappa shape index (κ2) is 7.29. The molecule has 0 aromatic carbocycles. The lowest BCUT2D eigenvalue weighted by Crippen LogP contribution is -2.34. The summed E-state index contributed by atoms with van der Waals surface area (Å²) in [6, 6.07) is 7.60. The van der Waals surface area contributed by atoms with Crippen molar-refractivity contribution in [1.29, 1.82) is 0 Å². The fraction of sp³-hybridized carbons (Fsp3) is 0.316. The molecule has 1 atom stereocenters. The van der Waals surface area contributed by atoms with E-state index in [0.717, 1.165) is 43.7 Å². The van der Waals surface area contributed by atoms with E-state index in [1.807, 2.05) is 12.1 Å². The molecule has 3 aromatic heterocycles. The van der Waals surface area contributed by atoms with Crippen LogP contribution in [-0.4, -0.2) is 32.9 Å². The highest BCUT2D eigenvalue weighted by Crippen LogP contribution is 2.27. The van der Waals surface area contributed by atoms with Gasteiger partial charge in [-0.15, -0.1) is 0 Å². The van der Waals surface area contributed by atoms with Crippen LogP contribution in [0.1, 0.15) is 30.0 Å². The summed E-state index contributed by atoms with van der Waals surface area (Å²) in [5.41, 5.74) is 2.99. The fourth-order valence-electron chi connectivity index (χ4n) is 3.41. The summed E-state index contributed by atoms with van der Waals surface area (Å²) in [7, 11) is 0. The Balaban J connectivity index is 1.56. The largest absolute Gasteiger partial charge is 0.306 e. The number of nitrogens with zero attached hydrogens (tertiary/aromatic N) is 3. The third-order valence-corrected chi connectivity index (χ3v) is 5.34. The first-order valence-corrected chi connectivity index (χ1v) is 9.47. The molecule has 3 aromatic rings. The summed E-state index contributed by atoms with van der Waals surface area (Å²) in [5.74, 6) is 0.899. The molecule has 1 unspecified atom stereocenters. The van der Waals surface area contributed by atoms with Crippen molar-refractivity contribution < 1.29 is 0 Å². The van der Waals surface area contributed by atoms with Crippen LogP contribution in [-0.2, 0) is 6.54 Å².